The van der Waals surface area contributed by atoms with E-state index in [9.17, 15) is 14.7 Å². The van der Waals surface area contributed by atoms with Crippen molar-refractivity contribution in [1.82, 2.24) is 0 Å². The fourth-order valence-electron chi connectivity index (χ4n) is 4.68. The van der Waals surface area contributed by atoms with Crippen molar-refractivity contribution in [2.45, 2.75) is 32.1 Å². The van der Waals surface area contributed by atoms with Crippen molar-refractivity contribution in [3.8, 4) is 23.0 Å². The average molecular weight is 556 g/mol. The summed E-state index contributed by atoms with van der Waals surface area (Å²) < 4.78 is 28.4. The van der Waals surface area contributed by atoms with E-state index in [0.717, 1.165) is 5.56 Å². The summed E-state index contributed by atoms with van der Waals surface area (Å²) in [5.74, 6) is 0.288. The lowest BCUT2D eigenvalue weighted by atomic mass is 9.96. The molecule has 1 heterocycles. The maximum atomic E-state index is 14.0. The number of carbonyl (C=O) groups is 2. The molecule has 0 saturated heterocycles. The number of ether oxygens (including phenoxy) is 5. The number of benzene rings is 3. The van der Waals surface area contributed by atoms with E-state index in [1.807, 2.05) is 6.92 Å². The second kappa shape index (κ2) is 11.8. The van der Waals surface area contributed by atoms with Crippen LogP contribution in [0, 0.1) is 6.92 Å². The maximum Gasteiger partial charge on any atom is 0.306 e. The molecule has 3 aromatic carbocycles. The summed E-state index contributed by atoms with van der Waals surface area (Å²) in [6.45, 7) is 1.92. The molecule has 10 heteroatoms. The van der Waals surface area contributed by atoms with Crippen molar-refractivity contribution in [3.05, 3.63) is 75.8 Å². The first kappa shape index (κ1) is 28.1. The van der Waals surface area contributed by atoms with E-state index in [-0.39, 0.29) is 6.54 Å². The minimum Gasteiger partial charge on any atom is -0.497 e. The molecule has 2 atom stereocenters. The highest BCUT2D eigenvalue weighted by atomic mass is 35.5. The number of aryl methyl sites for hydroxylation is 1. The van der Waals surface area contributed by atoms with Crippen LogP contribution in [-0.4, -0.2) is 51.5 Å². The Morgan fingerprint density at radius 2 is 1.72 bits per heavy atom. The predicted molar refractivity (Wildman–Crippen MR) is 145 cm³/mol. The van der Waals surface area contributed by atoms with E-state index < -0.39 is 30.5 Å². The van der Waals surface area contributed by atoms with Crippen LogP contribution >= 0.6 is 11.6 Å². The van der Waals surface area contributed by atoms with E-state index in [0.29, 0.717) is 50.4 Å². The molecule has 1 N–H and O–H groups in total. The number of fused-ring (bicyclic) bond motifs is 1. The number of hydrogen-bond donors (Lipinski definition) is 1. The van der Waals surface area contributed by atoms with Crippen LogP contribution < -0.4 is 23.8 Å². The molecule has 206 valence electrons. The number of halogens is 1. The molecule has 0 aliphatic carbocycles. The standard InChI is InChI=1S/C29H30ClNO8/c1-16-11-22-20(13-21(16)30)27(19-7-6-8-23(36-3)28(19)38-5)39-25(14-26(32)33)29(34)31(22)15-17-9-10-18(35-2)12-24(17)37-4/h6-13,25,27H,14-15H2,1-5H3,(H,32,33). The van der Waals surface area contributed by atoms with Crippen LogP contribution in [0.3, 0.4) is 0 Å². The van der Waals surface area contributed by atoms with Gasteiger partial charge in [0.25, 0.3) is 5.91 Å². The van der Waals surface area contributed by atoms with Crippen molar-refractivity contribution < 1.29 is 38.4 Å². The Hall–Kier alpha value is -3.95. The van der Waals surface area contributed by atoms with Crippen LogP contribution in [0.25, 0.3) is 0 Å². The zero-order valence-electron chi connectivity index (χ0n) is 22.3. The number of nitrogens with zero attached hydrogens (tertiary/aromatic N) is 1. The first-order valence-corrected chi connectivity index (χ1v) is 12.5. The molecule has 39 heavy (non-hydrogen) atoms. The molecule has 0 spiro atoms. The van der Waals surface area contributed by atoms with Crippen LogP contribution in [0.4, 0.5) is 5.69 Å². The van der Waals surface area contributed by atoms with Gasteiger partial charge in [0.2, 0.25) is 0 Å². The van der Waals surface area contributed by atoms with Crippen molar-refractivity contribution in [1.29, 1.82) is 0 Å². The predicted octanol–water partition coefficient (Wildman–Crippen LogP) is 5.18. The van der Waals surface area contributed by atoms with Crippen molar-refractivity contribution in [2.75, 3.05) is 33.3 Å². The maximum absolute atomic E-state index is 14.0. The molecule has 0 bridgehead atoms. The quantitative estimate of drug-likeness (QED) is 0.385. The van der Waals surface area contributed by atoms with Crippen molar-refractivity contribution in [3.63, 3.8) is 0 Å². The molecule has 4 rings (SSSR count). The summed E-state index contributed by atoms with van der Waals surface area (Å²) in [4.78, 5) is 27.4. The Kier molecular flexibility index (Phi) is 8.52. The van der Waals surface area contributed by atoms with Crippen molar-refractivity contribution in [2.24, 2.45) is 0 Å². The third-order valence-electron chi connectivity index (χ3n) is 6.62. The molecular weight excluding hydrogens is 526 g/mol. The second-order valence-corrected chi connectivity index (χ2v) is 9.35. The van der Waals surface area contributed by atoms with Gasteiger partial charge in [-0.15, -0.1) is 0 Å². The molecule has 0 fully saturated rings. The van der Waals surface area contributed by atoms with E-state index in [2.05, 4.69) is 0 Å². The smallest absolute Gasteiger partial charge is 0.306 e. The zero-order valence-corrected chi connectivity index (χ0v) is 23.1. The van der Waals surface area contributed by atoms with Gasteiger partial charge in [0, 0.05) is 27.8 Å². The Bertz CT molecular complexity index is 1390. The highest BCUT2D eigenvalue weighted by molar-refractivity contribution is 6.31. The number of hydrogen-bond acceptors (Lipinski definition) is 7. The van der Waals surface area contributed by atoms with Crippen LogP contribution in [-0.2, 0) is 20.9 Å². The number of para-hydroxylation sites is 1. The van der Waals surface area contributed by atoms with Crippen LogP contribution in [0.1, 0.15) is 34.8 Å². The van der Waals surface area contributed by atoms with Gasteiger partial charge in [-0.25, -0.2) is 0 Å². The van der Waals surface area contributed by atoms with Crippen LogP contribution in [0.5, 0.6) is 23.0 Å². The largest absolute Gasteiger partial charge is 0.497 e. The number of aliphatic carboxylic acids is 1. The highest BCUT2D eigenvalue weighted by Crippen LogP contribution is 2.46. The van der Waals surface area contributed by atoms with E-state index in [4.69, 9.17) is 35.3 Å². The lowest BCUT2D eigenvalue weighted by Gasteiger charge is -2.26. The fourth-order valence-corrected chi connectivity index (χ4v) is 4.86. The first-order valence-electron chi connectivity index (χ1n) is 12.1. The molecule has 9 nitrogen and oxygen atoms in total. The number of rotatable bonds is 9. The summed E-state index contributed by atoms with van der Waals surface area (Å²) >= 11 is 6.59. The Labute approximate surface area is 231 Å². The summed E-state index contributed by atoms with van der Waals surface area (Å²) in [6, 6.07) is 14.1. The minimum absolute atomic E-state index is 0.0848. The Balaban J connectivity index is 1.95. The zero-order chi connectivity index (χ0) is 28.3. The summed E-state index contributed by atoms with van der Waals surface area (Å²) in [7, 11) is 6.10. The summed E-state index contributed by atoms with van der Waals surface area (Å²) in [5.41, 5.74) is 3.10. The molecule has 1 aliphatic rings. The van der Waals surface area contributed by atoms with Gasteiger partial charge < -0.3 is 33.7 Å². The Morgan fingerprint density at radius 1 is 0.974 bits per heavy atom. The van der Waals surface area contributed by atoms with Gasteiger partial charge in [-0.3, -0.25) is 9.59 Å². The van der Waals surface area contributed by atoms with Gasteiger partial charge in [0.1, 0.15) is 23.7 Å². The van der Waals surface area contributed by atoms with Gasteiger partial charge >= 0.3 is 5.97 Å². The van der Waals surface area contributed by atoms with E-state index in [1.54, 1.807) is 55.6 Å². The number of carboxylic acids is 1. The topological polar surface area (TPSA) is 104 Å². The number of methoxy groups -OCH3 is 4. The highest BCUT2D eigenvalue weighted by Gasteiger charge is 2.39. The number of amides is 1. The third kappa shape index (κ3) is 5.60. The second-order valence-electron chi connectivity index (χ2n) is 8.95. The van der Waals surface area contributed by atoms with E-state index >= 15 is 0 Å². The molecule has 2 unspecified atom stereocenters. The summed E-state index contributed by atoms with van der Waals surface area (Å²) in [6.07, 6.45) is -2.74. The minimum atomic E-state index is -1.31. The van der Waals surface area contributed by atoms with Crippen LogP contribution in [0.15, 0.2) is 48.5 Å². The Morgan fingerprint density at radius 3 is 2.36 bits per heavy atom. The van der Waals surface area contributed by atoms with Crippen molar-refractivity contribution >= 4 is 29.2 Å². The van der Waals surface area contributed by atoms with Gasteiger partial charge in [-0.2, -0.15) is 0 Å². The molecular formula is C29H30ClNO8. The first-order chi connectivity index (χ1) is 18.7. The van der Waals surface area contributed by atoms with E-state index in [1.165, 1.54) is 26.2 Å². The number of carbonyl (C=O) groups excluding carboxylic acids is 1. The third-order valence-corrected chi connectivity index (χ3v) is 7.03. The fraction of sp³-hybridized carbons (Fsp3) is 0.310. The molecule has 0 radical (unpaired) electrons. The molecule has 1 amide bonds. The SMILES string of the molecule is COc1ccc(CN2C(=O)C(CC(=O)O)OC(c3cccc(OC)c3OC)c3cc(Cl)c(C)cc32)c(OC)c1. The molecule has 0 aromatic heterocycles. The summed E-state index contributed by atoms with van der Waals surface area (Å²) in [5, 5.41) is 10.2. The lowest BCUT2D eigenvalue weighted by molar-refractivity contribution is -0.147. The van der Waals surface area contributed by atoms with Gasteiger partial charge in [0.15, 0.2) is 11.5 Å². The molecule has 0 saturated carbocycles. The van der Waals surface area contributed by atoms with Gasteiger partial charge in [-0.1, -0.05) is 23.7 Å². The number of anilines is 1. The van der Waals surface area contributed by atoms with Gasteiger partial charge in [0.05, 0.1) is 47.1 Å². The lowest BCUT2D eigenvalue weighted by Crippen LogP contribution is -2.40. The molecule has 1 aliphatic heterocycles. The molecule has 3 aromatic rings. The average Bonchev–Trinajstić information content (AvgIpc) is 3.03. The number of carboxylic acid groups (broad SMARTS) is 1. The normalized spacial score (nSPS) is 16.8. The monoisotopic (exact) mass is 555 g/mol. The van der Waals surface area contributed by atoms with Crippen LogP contribution in [0.2, 0.25) is 5.02 Å². The van der Waals surface area contributed by atoms with Gasteiger partial charge in [-0.05, 0) is 42.8 Å².